The minimum atomic E-state index is -0.585. The normalized spacial score (nSPS) is 18.2. The molecule has 9 nitrogen and oxygen atoms in total. The van der Waals surface area contributed by atoms with E-state index in [4.69, 9.17) is 23.7 Å². The van der Waals surface area contributed by atoms with Crippen LogP contribution in [0.15, 0.2) is 24.3 Å². The van der Waals surface area contributed by atoms with Crippen molar-refractivity contribution in [3.05, 3.63) is 35.7 Å². The Balaban J connectivity index is 1.74. The first kappa shape index (κ1) is 19.2. The zero-order valence-corrected chi connectivity index (χ0v) is 14.7. The molecule has 144 valence electrons. The van der Waals surface area contributed by atoms with Crippen LogP contribution in [0.2, 0.25) is 0 Å². The van der Waals surface area contributed by atoms with Crippen molar-refractivity contribution in [2.75, 3.05) is 52.9 Å². The third-order valence-corrected chi connectivity index (χ3v) is 3.64. The third-order valence-electron chi connectivity index (χ3n) is 3.64. The Morgan fingerprint density at radius 2 is 1.00 bits per heavy atom. The number of pyridine rings is 2. The van der Waals surface area contributed by atoms with E-state index in [2.05, 4.69) is 9.97 Å². The second-order valence-corrected chi connectivity index (χ2v) is 5.55. The third kappa shape index (κ3) is 5.68. The summed E-state index contributed by atoms with van der Waals surface area (Å²) in [7, 11) is 0. The lowest BCUT2D eigenvalue weighted by atomic mass is 10.2. The molecule has 0 amide bonds. The predicted octanol–water partition coefficient (Wildman–Crippen LogP) is 1.01. The van der Waals surface area contributed by atoms with Gasteiger partial charge in [-0.15, -0.1) is 0 Å². The largest absolute Gasteiger partial charge is 0.459 e. The molecule has 0 atom stereocenters. The average Bonchev–Trinajstić information content (AvgIpc) is 2.69. The van der Waals surface area contributed by atoms with Gasteiger partial charge in [-0.3, -0.25) is 0 Å². The van der Waals surface area contributed by atoms with Gasteiger partial charge in [0.05, 0.1) is 39.6 Å². The second-order valence-electron chi connectivity index (χ2n) is 5.55. The Bertz CT molecular complexity index is 736. The Kier molecular flexibility index (Phi) is 7.03. The number of carbonyl (C=O) groups excluding carboxylic acids is 2. The highest BCUT2D eigenvalue weighted by atomic mass is 16.6. The highest BCUT2D eigenvalue weighted by Crippen LogP contribution is 2.13. The number of ether oxygens (including phenoxy) is 5. The minimum Gasteiger partial charge on any atom is -0.459 e. The van der Waals surface area contributed by atoms with Crippen molar-refractivity contribution >= 4 is 23.0 Å². The van der Waals surface area contributed by atoms with E-state index < -0.39 is 11.9 Å². The monoisotopic (exact) mass is 376 g/mol. The number of carbonyl (C=O) groups is 2. The summed E-state index contributed by atoms with van der Waals surface area (Å²) in [4.78, 5) is 32.5. The maximum atomic E-state index is 12.1. The van der Waals surface area contributed by atoms with Crippen molar-refractivity contribution in [1.82, 2.24) is 9.97 Å². The van der Waals surface area contributed by atoms with E-state index in [0.717, 1.165) is 0 Å². The van der Waals surface area contributed by atoms with E-state index in [1.807, 2.05) is 0 Å². The molecule has 1 aliphatic rings. The quantitative estimate of drug-likeness (QED) is 0.623. The summed E-state index contributed by atoms with van der Waals surface area (Å²) in [6.07, 6.45) is 0. The Morgan fingerprint density at radius 3 is 1.44 bits per heavy atom. The van der Waals surface area contributed by atoms with Gasteiger partial charge < -0.3 is 23.7 Å². The zero-order valence-electron chi connectivity index (χ0n) is 14.7. The van der Waals surface area contributed by atoms with Gasteiger partial charge in [-0.05, 0) is 24.3 Å². The van der Waals surface area contributed by atoms with Gasteiger partial charge in [-0.2, -0.15) is 0 Å². The highest BCUT2D eigenvalue weighted by Gasteiger charge is 2.14. The molecule has 2 aromatic rings. The number of aromatic nitrogens is 2. The van der Waals surface area contributed by atoms with Gasteiger partial charge in [-0.25, -0.2) is 19.6 Å². The lowest BCUT2D eigenvalue weighted by Gasteiger charge is -2.09. The van der Waals surface area contributed by atoms with Crippen LogP contribution in [-0.2, 0) is 23.7 Å². The van der Waals surface area contributed by atoms with Crippen molar-refractivity contribution in [1.29, 1.82) is 0 Å². The number of cyclic esters (lactones) is 2. The highest BCUT2D eigenvalue weighted by molar-refractivity contribution is 5.92. The first-order chi connectivity index (χ1) is 13.2. The van der Waals surface area contributed by atoms with Gasteiger partial charge in [0, 0.05) is 5.39 Å². The molecule has 0 radical (unpaired) electrons. The smallest absolute Gasteiger partial charge is 0.357 e. The number of rotatable bonds is 0. The molecule has 3 heterocycles. The van der Waals surface area contributed by atoms with E-state index in [1.165, 1.54) is 0 Å². The molecule has 9 heteroatoms. The molecule has 0 unspecified atom stereocenters. The van der Waals surface area contributed by atoms with Crippen LogP contribution in [-0.4, -0.2) is 74.8 Å². The predicted molar refractivity (Wildman–Crippen MR) is 92.6 cm³/mol. The molecule has 0 fully saturated rings. The van der Waals surface area contributed by atoms with Gasteiger partial charge in [-0.1, -0.05) is 0 Å². The first-order valence-electron chi connectivity index (χ1n) is 8.59. The summed E-state index contributed by atoms with van der Waals surface area (Å²) in [6, 6.07) is 6.47. The maximum Gasteiger partial charge on any atom is 0.357 e. The topological polar surface area (TPSA) is 106 Å². The molecule has 0 spiro atoms. The van der Waals surface area contributed by atoms with Gasteiger partial charge in [0.15, 0.2) is 17.0 Å². The first-order valence-corrected chi connectivity index (χ1v) is 8.59. The van der Waals surface area contributed by atoms with Gasteiger partial charge in [0.1, 0.15) is 13.2 Å². The van der Waals surface area contributed by atoms with Crippen LogP contribution < -0.4 is 0 Å². The second kappa shape index (κ2) is 9.91. The molecular weight excluding hydrogens is 356 g/mol. The van der Waals surface area contributed by atoms with Crippen LogP contribution in [0.25, 0.3) is 11.0 Å². The summed E-state index contributed by atoms with van der Waals surface area (Å²) < 4.78 is 26.2. The van der Waals surface area contributed by atoms with Crippen molar-refractivity contribution in [2.45, 2.75) is 0 Å². The Labute approximate surface area is 155 Å². The van der Waals surface area contributed by atoms with E-state index >= 15 is 0 Å². The van der Waals surface area contributed by atoms with E-state index in [9.17, 15) is 9.59 Å². The van der Waals surface area contributed by atoms with Crippen LogP contribution in [0.5, 0.6) is 0 Å². The molecule has 0 saturated carbocycles. The summed E-state index contributed by atoms with van der Waals surface area (Å²) in [5.41, 5.74) is 0.469. The van der Waals surface area contributed by atoms with Gasteiger partial charge >= 0.3 is 11.9 Å². The molecule has 0 aliphatic carbocycles. The standard InChI is InChI=1S/C18H20N2O7/c21-17-14-3-1-13-2-4-15(20-16(13)19-14)18(22)27-12-10-25-8-6-23-5-7-24-9-11-26-17/h1-4H,5-12H2. The lowest BCUT2D eigenvalue weighted by molar-refractivity contribution is -0.00695. The summed E-state index contributed by atoms with van der Waals surface area (Å²) in [5.74, 6) is -1.17. The Hall–Kier alpha value is -2.62. The fraction of sp³-hybridized carbons (Fsp3) is 0.444. The Morgan fingerprint density at radius 1 is 0.593 bits per heavy atom. The van der Waals surface area contributed by atoms with Gasteiger partial charge in [0.2, 0.25) is 0 Å². The molecule has 3 rings (SSSR count). The molecule has 2 aromatic heterocycles. The van der Waals surface area contributed by atoms with Crippen LogP contribution >= 0.6 is 0 Å². The molecule has 0 N–H and O–H groups in total. The average molecular weight is 376 g/mol. The van der Waals surface area contributed by atoms with Crippen molar-refractivity contribution in [3.8, 4) is 0 Å². The van der Waals surface area contributed by atoms with E-state index in [1.54, 1.807) is 24.3 Å². The van der Waals surface area contributed by atoms with Crippen LogP contribution in [0, 0.1) is 0 Å². The van der Waals surface area contributed by atoms with Gasteiger partial charge in [0.25, 0.3) is 0 Å². The number of esters is 2. The number of nitrogens with zero attached hydrogens (tertiary/aromatic N) is 2. The summed E-state index contributed by atoms with van der Waals surface area (Å²) in [5, 5.41) is 0.692. The number of hydrogen-bond donors (Lipinski definition) is 0. The SMILES string of the molecule is O=C1OCCOCCOCCOCCOC(=O)c2ccc3ccc1nc3n2. The molecule has 0 aromatic carbocycles. The number of fused-ring (bicyclic) bond motifs is 2. The maximum absolute atomic E-state index is 12.1. The molecular formula is C18H20N2O7. The molecule has 0 saturated heterocycles. The number of hydrogen-bond acceptors (Lipinski definition) is 9. The molecule has 27 heavy (non-hydrogen) atoms. The van der Waals surface area contributed by atoms with Crippen LogP contribution in [0.4, 0.5) is 0 Å². The summed E-state index contributed by atoms with van der Waals surface area (Å²) in [6.45, 7) is 2.30. The fourth-order valence-electron chi connectivity index (χ4n) is 2.30. The molecule has 1 aliphatic heterocycles. The van der Waals surface area contributed by atoms with Crippen molar-refractivity contribution in [2.24, 2.45) is 0 Å². The lowest BCUT2D eigenvalue weighted by Crippen LogP contribution is -2.16. The molecule has 3 bridgehead atoms. The minimum absolute atomic E-state index is 0.0987. The van der Waals surface area contributed by atoms with Crippen LogP contribution in [0.3, 0.4) is 0 Å². The van der Waals surface area contributed by atoms with Crippen LogP contribution in [0.1, 0.15) is 21.0 Å². The summed E-state index contributed by atoms with van der Waals surface area (Å²) >= 11 is 0. The fourth-order valence-corrected chi connectivity index (χ4v) is 2.30. The van der Waals surface area contributed by atoms with E-state index in [-0.39, 0.29) is 43.5 Å². The van der Waals surface area contributed by atoms with Crippen molar-refractivity contribution in [3.63, 3.8) is 0 Å². The van der Waals surface area contributed by atoms with Crippen molar-refractivity contribution < 1.29 is 33.3 Å². The van der Waals surface area contributed by atoms with E-state index in [0.29, 0.717) is 31.8 Å². The zero-order chi connectivity index (χ0) is 18.9.